The summed E-state index contributed by atoms with van der Waals surface area (Å²) < 4.78 is 5.26. The molecule has 0 saturated heterocycles. The summed E-state index contributed by atoms with van der Waals surface area (Å²) in [6, 6.07) is 10.3. The highest BCUT2D eigenvalue weighted by Gasteiger charge is 2.06. The van der Waals surface area contributed by atoms with E-state index in [-0.39, 0.29) is 6.10 Å². The lowest BCUT2D eigenvalue weighted by molar-refractivity contribution is 0.129. The molecule has 1 aromatic carbocycles. The third-order valence-electron chi connectivity index (χ3n) is 3.11. The molecule has 18 heavy (non-hydrogen) atoms. The fourth-order valence-electron chi connectivity index (χ4n) is 1.89. The van der Waals surface area contributed by atoms with Crippen LogP contribution in [0.25, 0.3) is 10.9 Å². The number of aromatic nitrogens is 1. The molecule has 1 atom stereocenters. The Morgan fingerprint density at radius 2 is 2.11 bits per heavy atom. The second kappa shape index (κ2) is 5.83. The maximum Gasteiger partial charge on any atom is 0.0726 e. The van der Waals surface area contributed by atoms with Gasteiger partial charge in [-0.2, -0.15) is 0 Å². The van der Waals surface area contributed by atoms with E-state index in [0.29, 0.717) is 0 Å². The van der Waals surface area contributed by atoms with Crippen LogP contribution < -0.4 is 5.32 Å². The predicted molar refractivity (Wildman–Crippen MR) is 76.1 cm³/mol. The normalized spacial score (nSPS) is 12.6. The summed E-state index contributed by atoms with van der Waals surface area (Å²) in [6.07, 6.45) is 1.14. The Kier molecular flexibility index (Phi) is 4.15. The molecule has 0 amide bonds. The Hall–Kier alpha value is -1.61. The van der Waals surface area contributed by atoms with E-state index in [0.717, 1.165) is 35.2 Å². The Balaban J connectivity index is 2.34. The van der Waals surface area contributed by atoms with Crippen molar-refractivity contribution in [1.29, 1.82) is 0 Å². The Morgan fingerprint density at radius 3 is 2.83 bits per heavy atom. The Morgan fingerprint density at radius 1 is 1.33 bits per heavy atom. The van der Waals surface area contributed by atoms with Crippen molar-refractivity contribution in [2.24, 2.45) is 0 Å². The highest BCUT2D eigenvalue weighted by Crippen LogP contribution is 2.23. The quantitative estimate of drug-likeness (QED) is 0.876. The minimum atomic E-state index is 0.196. The van der Waals surface area contributed by atoms with Gasteiger partial charge in [0.1, 0.15) is 0 Å². The molecule has 0 aliphatic heterocycles. The molecule has 0 radical (unpaired) electrons. The van der Waals surface area contributed by atoms with Crippen LogP contribution in [-0.4, -0.2) is 24.7 Å². The minimum Gasteiger partial charge on any atom is -0.382 e. The largest absolute Gasteiger partial charge is 0.382 e. The van der Waals surface area contributed by atoms with Crippen LogP contribution in [0.3, 0.4) is 0 Å². The maximum atomic E-state index is 5.26. The molecule has 96 valence electrons. The summed E-state index contributed by atoms with van der Waals surface area (Å²) in [4.78, 5) is 4.63. The SMILES string of the molecule is CCc1cc(NCC(C)OC)c2ccccc2n1. The van der Waals surface area contributed by atoms with E-state index in [1.165, 1.54) is 0 Å². The lowest BCUT2D eigenvalue weighted by atomic mass is 10.1. The number of anilines is 1. The van der Waals surface area contributed by atoms with Crippen LogP contribution in [0, 0.1) is 0 Å². The molecule has 2 aromatic rings. The number of para-hydroxylation sites is 1. The van der Waals surface area contributed by atoms with E-state index in [1.54, 1.807) is 7.11 Å². The molecule has 0 spiro atoms. The van der Waals surface area contributed by atoms with Crippen LogP contribution in [0.15, 0.2) is 30.3 Å². The van der Waals surface area contributed by atoms with Crippen LogP contribution >= 0.6 is 0 Å². The molecule has 0 fully saturated rings. The van der Waals surface area contributed by atoms with Gasteiger partial charge in [0.25, 0.3) is 0 Å². The number of ether oxygens (including phenoxy) is 1. The van der Waals surface area contributed by atoms with Gasteiger partial charge in [-0.1, -0.05) is 25.1 Å². The standard InChI is InChI=1S/C15H20N2O/c1-4-12-9-15(16-10-11(2)18-3)13-7-5-6-8-14(13)17-12/h5-9,11H,4,10H2,1-3H3,(H,16,17). The Bertz CT molecular complexity index is 525. The van der Waals surface area contributed by atoms with E-state index in [1.807, 2.05) is 12.1 Å². The average Bonchev–Trinajstić information content (AvgIpc) is 2.43. The van der Waals surface area contributed by atoms with Gasteiger partial charge in [0.2, 0.25) is 0 Å². The minimum absolute atomic E-state index is 0.196. The van der Waals surface area contributed by atoms with Crippen molar-refractivity contribution in [2.45, 2.75) is 26.4 Å². The number of nitrogens with one attached hydrogen (secondary N) is 1. The van der Waals surface area contributed by atoms with Crippen molar-refractivity contribution < 1.29 is 4.74 Å². The Labute approximate surface area is 108 Å². The van der Waals surface area contributed by atoms with Gasteiger partial charge in [-0.3, -0.25) is 4.98 Å². The van der Waals surface area contributed by atoms with Gasteiger partial charge in [0.15, 0.2) is 0 Å². The predicted octanol–water partition coefficient (Wildman–Crippen LogP) is 3.24. The maximum absolute atomic E-state index is 5.26. The molecule has 1 unspecified atom stereocenters. The second-order valence-electron chi connectivity index (χ2n) is 4.46. The molecule has 1 N–H and O–H groups in total. The number of rotatable bonds is 5. The molecule has 0 bridgehead atoms. The zero-order valence-electron chi connectivity index (χ0n) is 11.2. The first-order valence-electron chi connectivity index (χ1n) is 6.40. The van der Waals surface area contributed by atoms with Crippen molar-refractivity contribution in [3.8, 4) is 0 Å². The molecule has 3 nitrogen and oxygen atoms in total. The van der Waals surface area contributed by atoms with Crippen molar-refractivity contribution in [1.82, 2.24) is 4.98 Å². The van der Waals surface area contributed by atoms with Crippen LogP contribution in [0.5, 0.6) is 0 Å². The van der Waals surface area contributed by atoms with Gasteiger partial charge in [-0.25, -0.2) is 0 Å². The summed E-state index contributed by atoms with van der Waals surface area (Å²) in [7, 11) is 1.73. The fraction of sp³-hybridized carbons (Fsp3) is 0.400. The van der Waals surface area contributed by atoms with Crippen LogP contribution in [0.1, 0.15) is 19.5 Å². The molecule has 2 rings (SSSR count). The van der Waals surface area contributed by atoms with Gasteiger partial charge in [0, 0.05) is 30.4 Å². The number of hydrogen-bond donors (Lipinski definition) is 1. The molecular formula is C15H20N2O. The highest BCUT2D eigenvalue weighted by atomic mass is 16.5. The smallest absolute Gasteiger partial charge is 0.0726 e. The fourth-order valence-corrected chi connectivity index (χ4v) is 1.89. The first-order chi connectivity index (χ1) is 8.74. The first kappa shape index (κ1) is 12.8. The summed E-state index contributed by atoms with van der Waals surface area (Å²) in [6.45, 7) is 4.98. The lowest BCUT2D eigenvalue weighted by Gasteiger charge is -2.14. The zero-order valence-corrected chi connectivity index (χ0v) is 11.2. The molecule has 0 saturated carbocycles. The average molecular weight is 244 g/mol. The summed E-state index contributed by atoms with van der Waals surface area (Å²) >= 11 is 0. The van der Waals surface area contributed by atoms with Crippen LogP contribution in [-0.2, 0) is 11.2 Å². The van der Waals surface area contributed by atoms with Gasteiger partial charge in [-0.05, 0) is 25.5 Å². The summed E-state index contributed by atoms with van der Waals surface area (Å²) in [5, 5.41) is 4.61. The number of nitrogens with zero attached hydrogens (tertiary/aromatic N) is 1. The van der Waals surface area contributed by atoms with Gasteiger partial charge in [-0.15, -0.1) is 0 Å². The molecule has 1 heterocycles. The monoisotopic (exact) mass is 244 g/mol. The molecule has 0 aliphatic carbocycles. The zero-order chi connectivity index (χ0) is 13.0. The van der Waals surface area contributed by atoms with Crippen LogP contribution in [0.4, 0.5) is 5.69 Å². The summed E-state index contributed by atoms with van der Waals surface area (Å²) in [5.74, 6) is 0. The number of aryl methyl sites for hydroxylation is 1. The lowest BCUT2D eigenvalue weighted by Crippen LogP contribution is -2.18. The number of hydrogen-bond acceptors (Lipinski definition) is 3. The van der Waals surface area contributed by atoms with E-state index in [2.05, 4.69) is 42.3 Å². The molecule has 1 aromatic heterocycles. The van der Waals surface area contributed by atoms with Crippen molar-refractivity contribution in [2.75, 3.05) is 19.0 Å². The van der Waals surface area contributed by atoms with Crippen molar-refractivity contribution in [3.63, 3.8) is 0 Å². The number of benzene rings is 1. The van der Waals surface area contributed by atoms with Gasteiger partial charge in [0.05, 0.1) is 11.6 Å². The van der Waals surface area contributed by atoms with Gasteiger partial charge < -0.3 is 10.1 Å². The topological polar surface area (TPSA) is 34.1 Å². The number of fused-ring (bicyclic) bond motifs is 1. The van der Waals surface area contributed by atoms with E-state index < -0.39 is 0 Å². The number of methoxy groups -OCH3 is 1. The van der Waals surface area contributed by atoms with Crippen molar-refractivity contribution >= 4 is 16.6 Å². The summed E-state index contributed by atoms with van der Waals surface area (Å²) in [5.41, 5.74) is 3.30. The number of pyridine rings is 1. The van der Waals surface area contributed by atoms with E-state index >= 15 is 0 Å². The van der Waals surface area contributed by atoms with Gasteiger partial charge >= 0.3 is 0 Å². The van der Waals surface area contributed by atoms with E-state index in [9.17, 15) is 0 Å². The third-order valence-corrected chi connectivity index (χ3v) is 3.11. The first-order valence-corrected chi connectivity index (χ1v) is 6.40. The highest BCUT2D eigenvalue weighted by molar-refractivity contribution is 5.91. The van der Waals surface area contributed by atoms with Crippen molar-refractivity contribution in [3.05, 3.63) is 36.0 Å². The van der Waals surface area contributed by atoms with E-state index in [4.69, 9.17) is 4.74 Å². The molecule has 0 aliphatic rings. The van der Waals surface area contributed by atoms with Crippen LogP contribution in [0.2, 0.25) is 0 Å². The second-order valence-corrected chi connectivity index (χ2v) is 4.46. The molecule has 3 heteroatoms. The third kappa shape index (κ3) is 2.79. The molecular weight excluding hydrogens is 224 g/mol.